The topological polar surface area (TPSA) is 64.3 Å². The number of carbonyl (C=O) groups excluding carboxylic acids is 1. The van der Waals surface area contributed by atoms with Gasteiger partial charge in [0.15, 0.2) is 0 Å². The quantitative estimate of drug-likeness (QED) is 0.891. The van der Waals surface area contributed by atoms with Crippen molar-refractivity contribution >= 4 is 29.1 Å². The van der Waals surface area contributed by atoms with Gasteiger partial charge in [0.25, 0.3) is 0 Å². The molecule has 3 N–H and O–H groups in total. The molecule has 2 aromatic carbocycles. The zero-order valence-corrected chi connectivity index (χ0v) is 13.1. The number of benzene rings is 2. The molecule has 5 heteroatoms. The summed E-state index contributed by atoms with van der Waals surface area (Å²) in [4.78, 5) is 11.1. The molecule has 1 atom stereocenters. The maximum atomic E-state index is 11.1. The Labute approximate surface area is 131 Å². The first-order valence-corrected chi connectivity index (χ1v) is 6.67. The zero-order valence-electron chi connectivity index (χ0n) is 12.3. The molecule has 0 heterocycles. The SMILES string of the molecule is COc1ccc2cccc(C(CN)CNC(C)=O)c2c1.Cl. The van der Waals surface area contributed by atoms with Gasteiger partial charge in [-0.3, -0.25) is 4.79 Å². The molecule has 2 rings (SSSR count). The lowest BCUT2D eigenvalue weighted by Crippen LogP contribution is -2.29. The fourth-order valence-electron chi connectivity index (χ4n) is 2.35. The summed E-state index contributed by atoms with van der Waals surface area (Å²) in [6.45, 7) is 2.54. The van der Waals surface area contributed by atoms with E-state index in [1.165, 1.54) is 6.92 Å². The molecule has 0 aliphatic carbocycles. The van der Waals surface area contributed by atoms with E-state index in [2.05, 4.69) is 17.4 Å². The Balaban J connectivity index is 0.00000220. The van der Waals surface area contributed by atoms with Crippen LogP contribution in [0.3, 0.4) is 0 Å². The second kappa shape index (κ2) is 7.86. The number of fused-ring (bicyclic) bond motifs is 1. The van der Waals surface area contributed by atoms with Crippen LogP contribution in [0.15, 0.2) is 36.4 Å². The molecule has 0 aliphatic rings. The molecule has 0 fully saturated rings. The summed E-state index contributed by atoms with van der Waals surface area (Å²) in [5, 5.41) is 5.10. The summed E-state index contributed by atoms with van der Waals surface area (Å²) in [5.74, 6) is 0.872. The van der Waals surface area contributed by atoms with Gasteiger partial charge in [0, 0.05) is 25.9 Å². The highest BCUT2D eigenvalue weighted by Gasteiger charge is 2.13. The number of amides is 1. The van der Waals surface area contributed by atoms with Gasteiger partial charge in [0.2, 0.25) is 5.91 Å². The van der Waals surface area contributed by atoms with E-state index >= 15 is 0 Å². The molecule has 0 spiro atoms. The average molecular weight is 309 g/mol. The highest BCUT2D eigenvalue weighted by molar-refractivity contribution is 5.87. The van der Waals surface area contributed by atoms with Crippen LogP contribution in [0.25, 0.3) is 10.8 Å². The first kappa shape index (κ1) is 17.3. The molecular formula is C16H21ClN2O2. The largest absolute Gasteiger partial charge is 0.497 e. The Kier molecular flexibility index (Phi) is 6.46. The van der Waals surface area contributed by atoms with Crippen LogP contribution in [0.2, 0.25) is 0 Å². The molecule has 0 saturated heterocycles. The van der Waals surface area contributed by atoms with Crippen LogP contribution in [-0.2, 0) is 4.79 Å². The van der Waals surface area contributed by atoms with E-state index in [4.69, 9.17) is 10.5 Å². The Hall–Kier alpha value is -1.78. The zero-order chi connectivity index (χ0) is 14.5. The Morgan fingerprint density at radius 1 is 1.33 bits per heavy atom. The number of nitrogens with two attached hydrogens (primary N) is 1. The lowest BCUT2D eigenvalue weighted by Gasteiger charge is -2.18. The third-order valence-corrected chi connectivity index (χ3v) is 3.44. The predicted molar refractivity (Wildman–Crippen MR) is 88.2 cm³/mol. The van der Waals surface area contributed by atoms with E-state index in [0.717, 1.165) is 22.1 Å². The fourth-order valence-corrected chi connectivity index (χ4v) is 2.35. The Bertz CT molecular complexity index is 616. The summed E-state index contributed by atoms with van der Waals surface area (Å²) in [5.41, 5.74) is 7.01. The van der Waals surface area contributed by atoms with Crippen molar-refractivity contribution in [3.63, 3.8) is 0 Å². The van der Waals surface area contributed by atoms with Gasteiger partial charge in [-0.25, -0.2) is 0 Å². The highest BCUT2D eigenvalue weighted by atomic mass is 35.5. The minimum atomic E-state index is -0.0405. The third kappa shape index (κ3) is 4.09. The number of ether oxygens (including phenoxy) is 1. The molecule has 2 aromatic rings. The van der Waals surface area contributed by atoms with Crippen molar-refractivity contribution in [3.05, 3.63) is 42.0 Å². The molecule has 1 amide bonds. The van der Waals surface area contributed by atoms with Gasteiger partial charge in [0.1, 0.15) is 5.75 Å². The summed E-state index contributed by atoms with van der Waals surface area (Å²) in [7, 11) is 1.65. The molecule has 1 unspecified atom stereocenters. The minimum absolute atomic E-state index is 0. The Morgan fingerprint density at radius 3 is 2.71 bits per heavy atom. The van der Waals surface area contributed by atoms with Crippen LogP contribution in [0, 0.1) is 0 Å². The van der Waals surface area contributed by atoms with Gasteiger partial charge >= 0.3 is 0 Å². The maximum absolute atomic E-state index is 11.1. The van der Waals surface area contributed by atoms with Gasteiger partial charge in [-0.2, -0.15) is 0 Å². The second-order valence-electron chi connectivity index (χ2n) is 4.80. The molecule has 0 aromatic heterocycles. The Morgan fingerprint density at radius 2 is 2.10 bits per heavy atom. The molecule has 0 bridgehead atoms. The number of halogens is 1. The van der Waals surface area contributed by atoms with Crippen LogP contribution in [0.1, 0.15) is 18.4 Å². The van der Waals surface area contributed by atoms with Crippen LogP contribution >= 0.6 is 12.4 Å². The molecule has 0 radical (unpaired) electrons. The van der Waals surface area contributed by atoms with Gasteiger partial charge < -0.3 is 15.8 Å². The second-order valence-corrected chi connectivity index (χ2v) is 4.80. The van der Waals surface area contributed by atoms with E-state index in [9.17, 15) is 4.79 Å². The van der Waals surface area contributed by atoms with Crippen molar-refractivity contribution in [2.45, 2.75) is 12.8 Å². The number of carbonyl (C=O) groups is 1. The van der Waals surface area contributed by atoms with Crippen molar-refractivity contribution < 1.29 is 9.53 Å². The highest BCUT2D eigenvalue weighted by Crippen LogP contribution is 2.28. The van der Waals surface area contributed by atoms with E-state index in [-0.39, 0.29) is 24.2 Å². The van der Waals surface area contributed by atoms with Gasteiger partial charge in [-0.05, 0) is 28.5 Å². The van der Waals surface area contributed by atoms with E-state index in [0.29, 0.717) is 13.1 Å². The predicted octanol–water partition coefficient (Wildman–Crippen LogP) is 2.45. The van der Waals surface area contributed by atoms with Gasteiger partial charge in [-0.1, -0.05) is 24.3 Å². The van der Waals surface area contributed by atoms with E-state index in [1.807, 2.05) is 24.3 Å². The standard InChI is InChI=1S/C16H20N2O2.ClH/c1-11(19)18-10-13(9-17)15-5-3-4-12-6-7-14(20-2)8-16(12)15;/h3-8,13H,9-10,17H2,1-2H3,(H,18,19);1H. The van der Waals surface area contributed by atoms with Crippen molar-refractivity contribution in [1.82, 2.24) is 5.32 Å². The van der Waals surface area contributed by atoms with Gasteiger partial charge in [-0.15, -0.1) is 12.4 Å². The van der Waals surface area contributed by atoms with Crippen molar-refractivity contribution in [1.29, 1.82) is 0 Å². The third-order valence-electron chi connectivity index (χ3n) is 3.44. The number of methoxy groups -OCH3 is 1. The lowest BCUT2D eigenvalue weighted by molar-refractivity contribution is -0.119. The molecule has 114 valence electrons. The van der Waals surface area contributed by atoms with Gasteiger partial charge in [0.05, 0.1) is 7.11 Å². The fraction of sp³-hybridized carbons (Fsp3) is 0.312. The summed E-state index contributed by atoms with van der Waals surface area (Å²) in [6, 6.07) is 12.1. The van der Waals surface area contributed by atoms with E-state index < -0.39 is 0 Å². The van der Waals surface area contributed by atoms with Crippen LogP contribution in [0.5, 0.6) is 5.75 Å². The molecule has 21 heavy (non-hydrogen) atoms. The molecule has 0 aliphatic heterocycles. The number of nitrogens with one attached hydrogen (secondary N) is 1. The maximum Gasteiger partial charge on any atom is 0.216 e. The van der Waals surface area contributed by atoms with E-state index in [1.54, 1.807) is 7.11 Å². The molecular weight excluding hydrogens is 288 g/mol. The smallest absolute Gasteiger partial charge is 0.216 e. The minimum Gasteiger partial charge on any atom is -0.497 e. The van der Waals surface area contributed by atoms with Crippen molar-refractivity contribution in [3.8, 4) is 5.75 Å². The number of rotatable bonds is 5. The average Bonchev–Trinajstić information content (AvgIpc) is 2.47. The summed E-state index contributed by atoms with van der Waals surface area (Å²) < 4.78 is 5.29. The number of hydrogen-bond donors (Lipinski definition) is 2. The van der Waals surface area contributed by atoms with Crippen molar-refractivity contribution in [2.75, 3.05) is 20.2 Å². The first-order valence-electron chi connectivity index (χ1n) is 6.67. The molecule has 0 saturated carbocycles. The summed E-state index contributed by atoms with van der Waals surface area (Å²) in [6.07, 6.45) is 0. The van der Waals surface area contributed by atoms with Crippen LogP contribution < -0.4 is 15.8 Å². The number of hydrogen-bond acceptors (Lipinski definition) is 3. The van der Waals surface area contributed by atoms with Crippen LogP contribution in [-0.4, -0.2) is 26.1 Å². The van der Waals surface area contributed by atoms with Crippen molar-refractivity contribution in [2.24, 2.45) is 5.73 Å². The lowest BCUT2D eigenvalue weighted by atomic mass is 9.93. The van der Waals surface area contributed by atoms with Crippen LogP contribution in [0.4, 0.5) is 0 Å². The normalized spacial score (nSPS) is 11.6. The molecule has 4 nitrogen and oxygen atoms in total. The monoisotopic (exact) mass is 308 g/mol. The first-order chi connectivity index (χ1) is 9.65. The summed E-state index contributed by atoms with van der Waals surface area (Å²) >= 11 is 0.